The summed E-state index contributed by atoms with van der Waals surface area (Å²) in [4.78, 5) is 22.3. The summed E-state index contributed by atoms with van der Waals surface area (Å²) < 4.78 is 8.30. The van der Waals surface area contributed by atoms with Crippen LogP contribution in [0, 0.1) is 18.3 Å². The molecule has 11 heteroatoms. The van der Waals surface area contributed by atoms with Crippen LogP contribution in [0.25, 0.3) is 11.0 Å². The van der Waals surface area contributed by atoms with Crippen molar-refractivity contribution in [1.82, 2.24) is 30.0 Å². The SMILES string of the molecule is CC(=O)NC1CC(N2Cc3c(C#N)c(Cl)cc(C(C)n4nc(C)c5c(N)ncnc54)c3OC(C)C2)C1. The Hall–Kier alpha value is -3.42. The lowest BCUT2D eigenvalue weighted by Crippen LogP contribution is -2.54. The van der Waals surface area contributed by atoms with E-state index in [1.807, 2.05) is 20.8 Å². The van der Waals surface area contributed by atoms with Crippen LogP contribution in [0.15, 0.2) is 12.4 Å². The summed E-state index contributed by atoms with van der Waals surface area (Å²) in [7, 11) is 0. The van der Waals surface area contributed by atoms with Gasteiger partial charge in [-0.2, -0.15) is 10.4 Å². The zero-order valence-corrected chi connectivity index (χ0v) is 21.5. The highest BCUT2D eigenvalue weighted by molar-refractivity contribution is 6.32. The average molecular weight is 509 g/mol. The van der Waals surface area contributed by atoms with Crippen molar-refractivity contribution in [3.63, 3.8) is 0 Å². The third-order valence-corrected chi connectivity index (χ3v) is 7.49. The van der Waals surface area contributed by atoms with Crippen LogP contribution in [0.4, 0.5) is 5.82 Å². The van der Waals surface area contributed by atoms with E-state index in [-0.39, 0.29) is 24.1 Å². The van der Waals surface area contributed by atoms with Crippen LogP contribution in [0.2, 0.25) is 5.02 Å². The van der Waals surface area contributed by atoms with Gasteiger partial charge >= 0.3 is 0 Å². The number of nitriles is 1. The Morgan fingerprint density at radius 1 is 1.39 bits per heavy atom. The summed E-state index contributed by atoms with van der Waals surface area (Å²) in [6, 6.07) is 4.28. The fourth-order valence-electron chi connectivity index (χ4n) is 5.40. The van der Waals surface area contributed by atoms with Gasteiger partial charge in [0, 0.05) is 43.2 Å². The number of anilines is 1. The summed E-state index contributed by atoms with van der Waals surface area (Å²) in [5, 5.41) is 18.8. The molecule has 0 spiro atoms. The predicted octanol–water partition coefficient (Wildman–Crippen LogP) is 3.10. The van der Waals surface area contributed by atoms with E-state index >= 15 is 0 Å². The topological polar surface area (TPSA) is 135 Å². The first-order valence-corrected chi connectivity index (χ1v) is 12.4. The van der Waals surface area contributed by atoms with Gasteiger partial charge in [0.05, 0.1) is 27.7 Å². The second-order valence-corrected chi connectivity index (χ2v) is 10.2. The maximum absolute atomic E-state index is 11.4. The first-order valence-electron chi connectivity index (χ1n) is 12.1. The summed E-state index contributed by atoms with van der Waals surface area (Å²) in [5.74, 6) is 1.03. The molecule has 0 saturated heterocycles. The van der Waals surface area contributed by atoms with Gasteiger partial charge in [0.15, 0.2) is 5.65 Å². The summed E-state index contributed by atoms with van der Waals surface area (Å²) in [6.45, 7) is 8.69. The van der Waals surface area contributed by atoms with Crippen molar-refractivity contribution in [2.75, 3.05) is 12.3 Å². The van der Waals surface area contributed by atoms with Gasteiger partial charge in [-0.05, 0) is 39.7 Å². The molecule has 3 N–H and O–H groups in total. The van der Waals surface area contributed by atoms with Crippen molar-refractivity contribution in [3.8, 4) is 11.8 Å². The van der Waals surface area contributed by atoms with E-state index < -0.39 is 0 Å². The summed E-state index contributed by atoms with van der Waals surface area (Å²) in [6.07, 6.45) is 3.05. The predicted molar refractivity (Wildman–Crippen MR) is 136 cm³/mol. The summed E-state index contributed by atoms with van der Waals surface area (Å²) in [5.41, 5.74) is 9.50. The van der Waals surface area contributed by atoms with Crippen molar-refractivity contribution in [2.24, 2.45) is 0 Å². The van der Waals surface area contributed by atoms with E-state index in [1.54, 1.807) is 17.7 Å². The molecule has 1 saturated carbocycles. The first-order chi connectivity index (χ1) is 17.2. The Balaban J connectivity index is 1.55. The Bertz CT molecular complexity index is 1390. The van der Waals surface area contributed by atoms with Gasteiger partial charge in [-0.1, -0.05) is 11.6 Å². The number of carbonyl (C=O) groups is 1. The molecule has 1 fully saturated rings. The summed E-state index contributed by atoms with van der Waals surface area (Å²) >= 11 is 6.67. The Morgan fingerprint density at radius 3 is 2.83 bits per heavy atom. The Kier molecular flexibility index (Phi) is 6.22. The van der Waals surface area contributed by atoms with Crippen LogP contribution in [-0.4, -0.2) is 55.3 Å². The van der Waals surface area contributed by atoms with Gasteiger partial charge in [0.1, 0.15) is 30.1 Å². The van der Waals surface area contributed by atoms with Crippen LogP contribution in [-0.2, 0) is 11.3 Å². The van der Waals surface area contributed by atoms with Gasteiger partial charge in [-0.25, -0.2) is 14.6 Å². The van der Waals surface area contributed by atoms with Crippen molar-refractivity contribution in [2.45, 2.75) is 71.3 Å². The van der Waals surface area contributed by atoms with E-state index in [4.69, 9.17) is 27.2 Å². The second-order valence-electron chi connectivity index (χ2n) is 9.79. The third kappa shape index (κ3) is 4.12. The Labute approximate surface area is 214 Å². The molecule has 0 radical (unpaired) electrons. The lowest BCUT2D eigenvalue weighted by molar-refractivity contribution is -0.120. The number of aryl methyl sites for hydroxylation is 1. The number of carbonyl (C=O) groups excluding carboxylic acids is 1. The number of rotatable bonds is 4. The standard InChI is InChI=1S/C25H29ClN8O2/c1-12-9-33(17-5-16(6-17)31-15(4)35)10-20-19(8-27)21(26)7-18(23(20)36-12)14(3)34-25-22(13(2)32-34)24(28)29-11-30-25/h7,11-12,14,16-17H,5-6,9-10H2,1-4H3,(H,31,35)(H2,28,29,30). The number of fused-ring (bicyclic) bond motifs is 2. The molecule has 3 aromatic rings. The van der Waals surface area contributed by atoms with Crippen molar-refractivity contribution < 1.29 is 9.53 Å². The van der Waals surface area contributed by atoms with Crippen LogP contribution in [0.5, 0.6) is 5.75 Å². The van der Waals surface area contributed by atoms with Gasteiger partial charge in [0.2, 0.25) is 5.91 Å². The number of nitrogen functional groups attached to an aromatic ring is 1. The van der Waals surface area contributed by atoms with Gasteiger partial charge in [-0.15, -0.1) is 0 Å². The molecule has 2 atom stereocenters. The lowest BCUT2D eigenvalue weighted by Gasteiger charge is -2.43. The van der Waals surface area contributed by atoms with Crippen molar-refractivity contribution in [1.29, 1.82) is 5.26 Å². The first kappa shape index (κ1) is 24.3. The number of aromatic nitrogens is 4. The molecule has 1 aromatic carbocycles. The smallest absolute Gasteiger partial charge is 0.217 e. The van der Waals surface area contributed by atoms with Crippen LogP contribution < -0.4 is 15.8 Å². The molecule has 0 bridgehead atoms. The quantitative estimate of drug-likeness (QED) is 0.548. The van der Waals surface area contributed by atoms with E-state index in [1.165, 1.54) is 6.33 Å². The molecule has 1 aliphatic carbocycles. The van der Waals surface area contributed by atoms with E-state index in [9.17, 15) is 10.1 Å². The number of nitrogens with zero attached hydrogens (tertiary/aromatic N) is 6. The van der Waals surface area contributed by atoms with E-state index in [0.717, 1.165) is 29.7 Å². The number of hydrogen-bond acceptors (Lipinski definition) is 8. The van der Waals surface area contributed by atoms with Gasteiger partial charge in [0.25, 0.3) is 0 Å². The van der Waals surface area contributed by atoms with Crippen LogP contribution >= 0.6 is 11.6 Å². The largest absolute Gasteiger partial charge is 0.489 e. The average Bonchev–Trinajstić information content (AvgIpc) is 3.04. The van der Waals surface area contributed by atoms with Gasteiger partial charge < -0.3 is 15.8 Å². The molecule has 5 rings (SSSR count). The number of nitrogens with two attached hydrogens (primary N) is 1. The number of benzene rings is 1. The van der Waals surface area contributed by atoms with E-state index in [2.05, 4.69) is 26.3 Å². The van der Waals surface area contributed by atoms with E-state index in [0.29, 0.717) is 52.3 Å². The monoisotopic (exact) mass is 508 g/mol. The molecule has 188 valence electrons. The van der Waals surface area contributed by atoms with Crippen molar-refractivity contribution >= 4 is 34.4 Å². The lowest BCUT2D eigenvalue weighted by atomic mass is 9.84. The third-order valence-electron chi connectivity index (χ3n) is 7.19. The van der Waals surface area contributed by atoms with Crippen LogP contribution in [0.3, 0.4) is 0 Å². The molecule has 2 aromatic heterocycles. The molecule has 1 amide bonds. The maximum Gasteiger partial charge on any atom is 0.217 e. The fourth-order valence-corrected chi connectivity index (χ4v) is 5.68. The highest BCUT2D eigenvalue weighted by atomic mass is 35.5. The van der Waals surface area contributed by atoms with Gasteiger partial charge in [-0.3, -0.25) is 9.69 Å². The highest BCUT2D eigenvalue weighted by Crippen LogP contribution is 2.42. The van der Waals surface area contributed by atoms with Crippen LogP contribution in [0.1, 0.15) is 62.0 Å². The minimum absolute atomic E-state index is 0.0121. The zero-order valence-electron chi connectivity index (χ0n) is 20.7. The number of halogens is 1. The number of nitrogens with one attached hydrogen (secondary N) is 1. The molecule has 3 heterocycles. The molecular weight excluding hydrogens is 480 g/mol. The molecule has 10 nitrogen and oxygen atoms in total. The minimum atomic E-state index is -0.291. The fraction of sp³-hybridized carbons (Fsp3) is 0.480. The number of amides is 1. The Morgan fingerprint density at radius 2 is 2.14 bits per heavy atom. The normalized spacial score (nSPS) is 22.6. The maximum atomic E-state index is 11.4. The van der Waals surface area contributed by atoms with Crippen molar-refractivity contribution in [3.05, 3.63) is 39.8 Å². The molecule has 36 heavy (non-hydrogen) atoms. The molecule has 2 aliphatic rings. The molecule has 1 aliphatic heterocycles. The molecular formula is C25H29ClN8O2. The number of ether oxygens (including phenoxy) is 1. The second kappa shape index (κ2) is 9.22. The zero-order chi connectivity index (χ0) is 25.7. The highest BCUT2D eigenvalue weighted by Gasteiger charge is 2.38. The minimum Gasteiger partial charge on any atom is -0.489 e. The number of hydrogen-bond donors (Lipinski definition) is 2. The molecule has 2 unspecified atom stereocenters.